The lowest BCUT2D eigenvalue weighted by Crippen LogP contribution is -2.27. The van der Waals surface area contributed by atoms with Gasteiger partial charge in [-0.3, -0.25) is 4.98 Å². The van der Waals surface area contributed by atoms with Crippen molar-refractivity contribution in [1.82, 2.24) is 9.97 Å². The van der Waals surface area contributed by atoms with Crippen molar-refractivity contribution in [2.75, 3.05) is 6.54 Å². The number of nitrogens with two attached hydrogens (primary N) is 1. The van der Waals surface area contributed by atoms with Gasteiger partial charge in [0.25, 0.3) is 0 Å². The Morgan fingerprint density at radius 2 is 2.08 bits per heavy atom. The van der Waals surface area contributed by atoms with Crippen molar-refractivity contribution in [2.45, 2.75) is 12.2 Å². The Morgan fingerprint density at radius 1 is 1.38 bits per heavy atom. The maximum absolute atomic E-state index is 9.43. The molecule has 6 heteroatoms. The van der Waals surface area contributed by atoms with Gasteiger partial charge in [0.05, 0.1) is 24.2 Å². The molecule has 0 radical (unpaired) electrons. The molecule has 1 aromatic rings. The zero-order valence-electron chi connectivity index (χ0n) is 6.76. The molecule has 0 fully saturated rings. The monoisotopic (exact) mass is 247 g/mol. The first-order valence-corrected chi connectivity index (χ1v) is 4.48. The Hall–Kier alpha value is -0.560. The Morgan fingerprint density at radius 3 is 2.54 bits per heavy atom. The fourth-order valence-corrected chi connectivity index (χ4v) is 1.01. The van der Waals surface area contributed by atoms with Crippen LogP contribution in [0.4, 0.5) is 0 Å². The van der Waals surface area contributed by atoms with Gasteiger partial charge in [-0.1, -0.05) is 0 Å². The molecule has 0 saturated heterocycles. The maximum atomic E-state index is 9.43. The number of halogens is 1. The fraction of sp³-hybridized carbons (Fsp3) is 0.429. The Balaban J connectivity index is 2.77. The highest BCUT2D eigenvalue weighted by Crippen LogP contribution is 2.13. The van der Waals surface area contributed by atoms with Gasteiger partial charge in [0.1, 0.15) is 10.7 Å². The van der Waals surface area contributed by atoms with E-state index in [1.807, 2.05) is 0 Å². The topological polar surface area (TPSA) is 92.3 Å². The minimum atomic E-state index is -1.08. The summed E-state index contributed by atoms with van der Waals surface area (Å²) in [6, 6.07) is 0. The van der Waals surface area contributed by atoms with Gasteiger partial charge in [0.2, 0.25) is 0 Å². The first kappa shape index (κ1) is 10.5. The molecule has 1 rings (SSSR count). The van der Waals surface area contributed by atoms with E-state index in [4.69, 9.17) is 5.73 Å². The van der Waals surface area contributed by atoms with Gasteiger partial charge in [-0.2, -0.15) is 0 Å². The van der Waals surface area contributed by atoms with Crippen LogP contribution >= 0.6 is 15.9 Å². The minimum absolute atomic E-state index is 0.0150. The Kier molecular flexibility index (Phi) is 3.73. The van der Waals surface area contributed by atoms with E-state index >= 15 is 0 Å². The molecule has 0 aromatic carbocycles. The normalized spacial score (nSPS) is 15.4. The molecule has 72 valence electrons. The number of nitrogens with zero attached hydrogens (tertiary/aromatic N) is 2. The molecule has 1 aromatic heterocycles. The minimum Gasteiger partial charge on any atom is -0.389 e. The van der Waals surface area contributed by atoms with Crippen LogP contribution in [0.5, 0.6) is 0 Å². The van der Waals surface area contributed by atoms with Gasteiger partial charge in [-0.15, -0.1) is 0 Å². The summed E-state index contributed by atoms with van der Waals surface area (Å²) in [5, 5.41) is 18.6. The molecule has 0 aliphatic carbocycles. The van der Waals surface area contributed by atoms with Crippen LogP contribution in [-0.4, -0.2) is 32.8 Å². The SMILES string of the molecule is NCC(O)C(O)c1cnc(Br)cn1. The van der Waals surface area contributed by atoms with E-state index in [1.165, 1.54) is 12.4 Å². The second-order valence-corrected chi connectivity index (χ2v) is 3.32. The summed E-state index contributed by atoms with van der Waals surface area (Å²) in [6.45, 7) is -0.0150. The number of hydrogen-bond acceptors (Lipinski definition) is 5. The molecule has 0 amide bonds. The third-order valence-electron chi connectivity index (χ3n) is 1.55. The summed E-state index contributed by atoms with van der Waals surface area (Å²) in [5.74, 6) is 0. The summed E-state index contributed by atoms with van der Waals surface area (Å²) in [5.41, 5.74) is 5.48. The molecule has 1 heterocycles. The van der Waals surface area contributed by atoms with E-state index in [1.54, 1.807) is 0 Å². The summed E-state index contributed by atoms with van der Waals surface area (Å²) in [6.07, 6.45) is 0.746. The van der Waals surface area contributed by atoms with E-state index in [0.717, 1.165) is 0 Å². The van der Waals surface area contributed by atoms with Gasteiger partial charge in [-0.05, 0) is 15.9 Å². The average Bonchev–Trinajstić information content (AvgIpc) is 2.17. The molecular formula is C7H10BrN3O2. The molecule has 2 atom stereocenters. The smallest absolute Gasteiger partial charge is 0.124 e. The van der Waals surface area contributed by atoms with Gasteiger partial charge in [0, 0.05) is 6.54 Å². The van der Waals surface area contributed by atoms with Crippen molar-refractivity contribution >= 4 is 15.9 Å². The summed E-state index contributed by atoms with van der Waals surface area (Å²) >= 11 is 3.11. The van der Waals surface area contributed by atoms with Crippen LogP contribution in [0.25, 0.3) is 0 Å². The van der Waals surface area contributed by atoms with Crippen LogP contribution in [0.3, 0.4) is 0 Å². The van der Waals surface area contributed by atoms with Crippen molar-refractivity contribution in [3.05, 3.63) is 22.7 Å². The zero-order valence-corrected chi connectivity index (χ0v) is 8.35. The van der Waals surface area contributed by atoms with Crippen LogP contribution in [0.1, 0.15) is 11.8 Å². The van der Waals surface area contributed by atoms with Gasteiger partial charge in [-0.25, -0.2) is 4.98 Å². The molecule has 0 spiro atoms. The number of aliphatic hydroxyl groups excluding tert-OH is 2. The molecule has 0 bridgehead atoms. The zero-order chi connectivity index (χ0) is 9.84. The highest BCUT2D eigenvalue weighted by atomic mass is 79.9. The highest BCUT2D eigenvalue weighted by Gasteiger charge is 2.17. The molecule has 13 heavy (non-hydrogen) atoms. The van der Waals surface area contributed by atoms with Gasteiger partial charge < -0.3 is 15.9 Å². The first-order valence-electron chi connectivity index (χ1n) is 3.68. The quantitative estimate of drug-likeness (QED) is 0.676. The average molecular weight is 248 g/mol. The maximum Gasteiger partial charge on any atom is 0.124 e. The van der Waals surface area contributed by atoms with Crippen molar-refractivity contribution in [3.63, 3.8) is 0 Å². The third-order valence-corrected chi connectivity index (χ3v) is 1.96. The highest BCUT2D eigenvalue weighted by molar-refractivity contribution is 9.10. The van der Waals surface area contributed by atoms with Gasteiger partial charge >= 0.3 is 0 Å². The van der Waals surface area contributed by atoms with Crippen LogP contribution in [0, 0.1) is 0 Å². The van der Waals surface area contributed by atoms with Crippen molar-refractivity contribution in [3.8, 4) is 0 Å². The van der Waals surface area contributed by atoms with Crippen molar-refractivity contribution in [1.29, 1.82) is 0 Å². The third kappa shape index (κ3) is 2.70. The lowest BCUT2D eigenvalue weighted by molar-refractivity contribution is 0.0214. The van der Waals surface area contributed by atoms with Crippen LogP contribution in [0.15, 0.2) is 17.0 Å². The predicted octanol–water partition coefficient (Wildman–Crippen LogP) is -0.408. The Labute approximate surface area is 83.8 Å². The van der Waals surface area contributed by atoms with Crippen LogP contribution in [-0.2, 0) is 0 Å². The number of hydrogen-bond donors (Lipinski definition) is 3. The molecule has 4 N–H and O–H groups in total. The first-order chi connectivity index (χ1) is 6.15. The molecule has 5 nitrogen and oxygen atoms in total. The molecular weight excluding hydrogens is 238 g/mol. The van der Waals surface area contributed by atoms with Crippen LogP contribution in [0.2, 0.25) is 0 Å². The van der Waals surface area contributed by atoms with Gasteiger partial charge in [0.15, 0.2) is 0 Å². The second-order valence-electron chi connectivity index (χ2n) is 2.51. The lowest BCUT2D eigenvalue weighted by atomic mass is 10.1. The number of aliphatic hydroxyl groups is 2. The van der Waals surface area contributed by atoms with E-state index in [-0.39, 0.29) is 6.54 Å². The predicted molar refractivity (Wildman–Crippen MR) is 49.8 cm³/mol. The standard InChI is InChI=1S/C7H10BrN3O2/c8-6-3-10-4(2-11-6)7(13)5(12)1-9/h2-3,5,7,12-13H,1,9H2. The lowest BCUT2D eigenvalue weighted by Gasteiger charge is -2.14. The molecule has 0 aliphatic heterocycles. The molecule has 0 aliphatic rings. The largest absolute Gasteiger partial charge is 0.389 e. The van der Waals surface area contributed by atoms with E-state index in [9.17, 15) is 10.2 Å². The molecule has 0 saturated carbocycles. The number of rotatable bonds is 3. The van der Waals surface area contributed by atoms with Crippen LogP contribution < -0.4 is 5.73 Å². The van der Waals surface area contributed by atoms with E-state index in [0.29, 0.717) is 10.3 Å². The number of aromatic nitrogens is 2. The second kappa shape index (κ2) is 4.61. The van der Waals surface area contributed by atoms with Crippen molar-refractivity contribution in [2.24, 2.45) is 5.73 Å². The summed E-state index contributed by atoms with van der Waals surface area (Å²) in [4.78, 5) is 7.73. The molecule has 2 unspecified atom stereocenters. The van der Waals surface area contributed by atoms with Crippen molar-refractivity contribution < 1.29 is 10.2 Å². The fourth-order valence-electron chi connectivity index (χ4n) is 0.801. The summed E-state index contributed by atoms with van der Waals surface area (Å²) in [7, 11) is 0. The van der Waals surface area contributed by atoms with E-state index < -0.39 is 12.2 Å². The summed E-state index contributed by atoms with van der Waals surface area (Å²) < 4.78 is 0.575. The van der Waals surface area contributed by atoms with E-state index in [2.05, 4.69) is 25.9 Å². The Bertz CT molecular complexity index is 267.